The van der Waals surface area contributed by atoms with Gasteiger partial charge in [-0.3, -0.25) is 0 Å². The SMILES string of the molecule is COc1nc(C=Cc2nc3n(n2)CCCC3(c2ccccc2)c2ccc(Cl)cc2)ccc1-n1cnc(C)c1. The number of aromatic nitrogens is 6. The predicted molar refractivity (Wildman–Crippen MR) is 149 cm³/mol. The molecule has 0 spiro atoms. The van der Waals surface area contributed by atoms with Crippen LogP contribution < -0.4 is 4.74 Å². The van der Waals surface area contributed by atoms with E-state index in [1.807, 2.05) is 64.9 Å². The highest BCUT2D eigenvalue weighted by atomic mass is 35.5. The van der Waals surface area contributed by atoms with E-state index in [-0.39, 0.29) is 0 Å². The van der Waals surface area contributed by atoms with E-state index in [4.69, 9.17) is 26.4 Å². The molecule has 38 heavy (non-hydrogen) atoms. The van der Waals surface area contributed by atoms with Gasteiger partial charge in [-0.15, -0.1) is 0 Å². The molecule has 3 aromatic heterocycles. The van der Waals surface area contributed by atoms with E-state index in [1.165, 1.54) is 5.56 Å². The number of benzene rings is 2. The lowest BCUT2D eigenvalue weighted by molar-refractivity contribution is 0.378. The maximum atomic E-state index is 6.25. The molecule has 0 N–H and O–H groups in total. The molecule has 1 unspecified atom stereocenters. The van der Waals surface area contributed by atoms with Crippen LogP contribution in [0.1, 0.15) is 47.0 Å². The number of nitrogens with zero attached hydrogens (tertiary/aromatic N) is 6. The van der Waals surface area contributed by atoms with Gasteiger partial charge in [-0.25, -0.2) is 19.6 Å². The third-order valence-corrected chi connectivity index (χ3v) is 7.30. The normalized spacial score (nSPS) is 17.0. The minimum absolute atomic E-state index is 0.408. The summed E-state index contributed by atoms with van der Waals surface area (Å²) < 4.78 is 9.51. The van der Waals surface area contributed by atoms with E-state index >= 15 is 0 Å². The van der Waals surface area contributed by atoms with Crippen LogP contribution in [0.3, 0.4) is 0 Å². The molecule has 190 valence electrons. The lowest BCUT2D eigenvalue weighted by Crippen LogP contribution is -2.37. The molecular formula is C30H27ClN6O. The van der Waals surface area contributed by atoms with E-state index in [9.17, 15) is 0 Å². The van der Waals surface area contributed by atoms with E-state index in [1.54, 1.807) is 13.4 Å². The number of rotatable bonds is 6. The average Bonchev–Trinajstić information content (AvgIpc) is 3.58. The topological polar surface area (TPSA) is 70.7 Å². The predicted octanol–water partition coefficient (Wildman–Crippen LogP) is 6.13. The fourth-order valence-corrected chi connectivity index (χ4v) is 5.40. The Balaban J connectivity index is 1.38. The molecule has 1 aliphatic heterocycles. The summed E-state index contributed by atoms with van der Waals surface area (Å²) in [4.78, 5) is 14.0. The van der Waals surface area contributed by atoms with Crippen molar-refractivity contribution in [2.45, 2.75) is 31.7 Å². The number of halogens is 1. The number of aryl methyl sites for hydroxylation is 2. The summed E-state index contributed by atoms with van der Waals surface area (Å²) in [5.74, 6) is 2.10. The van der Waals surface area contributed by atoms with E-state index in [0.29, 0.717) is 11.7 Å². The molecule has 4 heterocycles. The molecule has 5 aromatic rings. The molecule has 8 heteroatoms. The maximum Gasteiger partial charge on any atom is 0.238 e. The highest BCUT2D eigenvalue weighted by Crippen LogP contribution is 2.45. The van der Waals surface area contributed by atoms with Gasteiger partial charge in [0.05, 0.1) is 30.2 Å². The lowest BCUT2D eigenvalue weighted by atomic mass is 9.69. The first-order valence-electron chi connectivity index (χ1n) is 12.6. The van der Waals surface area contributed by atoms with Crippen molar-refractivity contribution in [1.82, 2.24) is 29.3 Å². The van der Waals surface area contributed by atoms with Crippen LogP contribution in [-0.4, -0.2) is 36.4 Å². The van der Waals surface area contributed by atoms with Crippen molar-refractivity contribution < 1.29 is 4.74 Å². The molecule has 0 radical (unpaired) electrons. The van der Waals surface area contributed by atoms with Gasteiger partial charge in [-0.1, -0.05) is 54.1 Å². The second-order valence-electron chi connectivity index (χ2n) is 9.42. The molecule has 0 bridgehead atoms. The second-order valence-corrected chi connectivity index (χ2v) is 9.86. The lowest BCUT2D eigenvalue weighted by Gasteiger charge is -2.37. The summed E-state index contributed by atoms with van der Waals surface area (Å²) in [7, 11) is 1.62. The zero-order chi connectivity index (χ0) is 26.1. The number of pyridine rings is 1. The van der Waals surface area contributed by atoms with Gasteiger partial charge in [0.1, 0.15) is 11.5 Å². The summed E-state index contributed by atoms with van der Waals surface area (Å²) in [6.45, 7) is 2.77. The fraction of sp³-hybridized carbons (Fsp3) is 0.200. The average molecular weight is 523 g/mol. The Morgan fingerprint density at radius 2 is 1.74 bits per heavy atom. The van der Waals surface area contributed by atoms with Crippen molar-refractivity contribution in [2.75, 3.05) is 7.11 Å². The van der Waals surface area contributed by atoms with Crippen LogP contribution in [0.4, 0.5) is 0 Å². The molecule has 7 nitrogen and oxygen atoms in total. The fourth-order valence-electron chi connectivity index (χ4n) is 5.28. The van der Waals surface area contributed by atoms with Crippen LogP contribution in [-0.2, 0) is 12.0 Å². The number of fused-ring (bicyclic) bond motifs is 1. The van der Waals surface area contributed by atoms with E-state index in [2.05, 4.69) is 46.4 Å². The molecule has 0 aliphatic carbocycles. The standard InChI is InChI=1S/C30H27ClN6O/c1-21-19-36(20-32-21)26-15-13-25(33-28(26)38-2)14-16-27-34-29-30(17-6-18-37(29)35-27,22-7-4-3-5-8-22)23-9-11-24(31)12-10-23/h3-5,7-16,19-20H,6,17-18H2,1-2H3. The third-order valence-electron chi connectivity index (χ3n) is 7.04. The van der Waals surface area contributed by atoms with E-state index in [0.717, 1.165) is 52.9 Å². The van der Waals surface area contributed by atoms with Crippen LogP contribution in [0, 0.1) is 6.92 Å². The minimum Gasteiger partial charge on any atom is -0.479 e. The Morgan fingerprint density at radius 1 is 0.947 bits per heavy atom. The van der Waals surface area contributed by atoms with Crippen molar-refractivity contribution in [3.05, 3.63) is 118 Å². The van der Waals surface area contributed by atoms with E-state index < -0.39 is 5.41 Å². The summed E-state index contributed by atoms with van der Waals surface area (Å²) in [6, 6.07) is 22.6. The van der Waals surface area contributed by atoms with Gasteiger partial charge < -0.3 is 9.30 Å². The van der Waals surface area contributed by atoms with Crippen LogP contribution in [0.5, 0.6) is 5.88 Å². The first kappa shape index (κ1) is 24.1. The summed E-state index contributed by atoms with van der Waals surface area (Å²) >= 11 is 6.25. The largest absolute Gasteiger partial charge is 0.479 e. The van der Waals surface area contributed by atoms with Gasteiger partial charge >= 0.3 is 0 Å². The Labute approximate surface area is 226 Å². The van der Waals surface area contributed by atoms with Gasteiger partial charge in [-0.05, 0) is 67.3 Å². The van der Waals surface area contributed by atoms with Gasteiger partial charge in [0.2, 0.25) is 5.88 Å². The quantitative estimate of drug-likeness (QED) is 0.268. The minimum atomic E-state index is -0.408. The Kier molecular flexibility index (Phi) is 6.29. The van der Waals surface area contributed by atoms with Crippen molar-refractivity contribution >= 4 is 23.8 Å². The Morgan fingerprint density at radius 3 is 2.47 bits per heavy atom. The number of hydrogen-bond acceptors (Lipinski definition) is 5. The van der Waals surface area contributed by atoms with Gasteiger partial charge in [-0.2, -0.15) is 5.10 Å². The first-order chi connectivity index (χ1) is 18.6. The number of imidazole rings is 1. The number of methoxy groups -OCH3 is 1. The summed E-state index contributed by atoms with van der Waals surface area (Å²) in [5.41, 5.74) is 4.46. The first-order valence-corrected chi connectivity index (χ1v) is 13.0. The molecule has 1 aliphatic rings. The number of hydrogen-bond donors (Lipinski definition) is 0. The molecule has 0 saturated carbocycles. The van der Waals surface area contributed by atoms with Crippen molar-refractivity contribution in [3.8, 4) is 11.6 Å². The third kappa shape index (κ3) is 4.29. The zero-order valence-electron chi connectivity index (χ0n) is 21.3. The summed E-state index contributed by atoms with van der Waals surface area (Å²) in [5, 5.41) is 5.58. The molecule has 0 saturated heterocycles. The number of ether oxygens (including phenoxy) is 1. The van der Waals surface area contributed by atoms with Crippen LogP contribution >= 0.6 is 11.6 Å². The second kappa shape index (κ2) is 9.91. The highest BCUT2D eigenvalue weighted by molar-refractivity contribution is 6.30. The Hall–Kier alpha value is -4.23. The van der Waals surface area contributed by atoms with Gasteiger partial charge in [0, 0.05) is 17.8 Å². The van der Waals surface area contributed by atoms with Crippen molar-refractivity contribution in [3.63, 3.8) is 0 Å². The smallest absolute Gasteiger partial charge is 0.238 e. The van der Waals surface area contributed by atoms with Crippen LogP contribution in [0.25, 0.3) is 17.8 Å². The highest BCUT2D eigenvalue weighted by Gasteiger charge is 2.43. The molecule has 1 atom stereocenters. The molecule has 0 amide bonds. The molecule has 2 aromatic carbocycles. The zero-order valence-corrected chi connectivity index (χ0v) is 22.0. The Bertz CT molecular complexity index is 1610. The molecule has 0 fully saturated rings. The monoisotopic (exact) mass is 522 g/mol. The van der Waals surface area contributed by atoms with Gasteiger partial charge in [0.25, 0.3) is 0 Å². The van der Waals surface area contributed by atoms with Crippen molar-refractivity contribution in [1.29, 1.82) is 0 Å². The van der Waals surface area contributed by atoms with Crippen molar-refractivity contribution in [2.24, 2.45) is 0 Å². The maximum absolute atomic E-state index is 6.25. The van der Waals surface area contributed by atoms with Gasteiger partial charge in [0.15, 0.2) is 5.82 Å². The van der Waals surface area contributed by atoms with Crippen LogP contribution in [0.2, 0.25) is 5.02 Å². The van der Waals surface area contributed by atoms with Crippen LogP contribution in [0.15, 0.2) is 79.3 Å². The molecular weight excluding hydrogens is 496 g/mol. The molecule has 6 rings (SSSR count). The summed E-state index contributed by atoms with van der Waals surface area (Å²) in [6.07, 6.45) is 9.45.